The Balaban J connectivity index is 3.29. The van der Waals surface area contributed by atoms with Crippen LogP contribution in [0.2, 0.25) is 0 Å². The van der Waals surface area contributed by atoms with E-state index in [4.69, 9.17) is 10.5 Å². The van der Waals surface area contributed by atoms with Gasteiger partial charge in [0.05, 0.1) is 12.8 Å². The zero-order valence-corrected chi connectivity index (χ0v) is 10.4. The van der Waals surface area contributed by atoms with Gasteiger partial charge in [-0.3, -0.25) is 9.59 Å². The quantitative estimate of drug-likeness (QED) is 0.770. The van der Waals surface area contributed by atoms with Crippen LogP contribution in [0.1, 0.15) is 11.1 Å². The third-order valence-electron chi connectivity index (χ3n) is 2.48. The third-order valence-corrected chi connectivity index (χ3v) is 2.48. The molecule has 1 aromatic carbocycles. The molecular formula is C12H16N2O3. The molecule has 0 fully saturated rings. The van der Waals surface area contributed by atoms with E-state index < -0.39 is 11.8 Å². The molecule has 5 nitrogen and oxygen atoms in total. The highest BCUT2D eigenvalue weighted by Crippen LogP contribution is 2.32. The molecule has 0 spiro atoms. The van der Waals surface area contributed by atoms with Crippen molar-refractivity contribution in [2.45, 2.75) is 13.8 Å². The first kappa shape index (κ1) is 13.0. The summed E-state index contributed by atoms with van der Waals surface area (Å²) in [5, 5.41) is 0. The van der Waals surface area contributed by atoms with E-state index in [2.05, 4.69) is 0 Å². The van der Waals surface area contributed by atoms with Gasteiger partial charge in [-0.15, -0.1) is 0 Å². The molecule has 5 heteroatoms. The van der Waals surface area contributed by atoms with Gasteiger partial charge in [0.15, 0.2) is 0 Å². The molecule has 0 aromatic heterocycles. The van der Waals surface area contributed by atoms with Gasteiger partial charge >= 0.3 is 11.8 Å². The molecule has 0 heterocycles. The zero-order chi connectivity index (χ0) is 13.2. The summed E-state index contributed by atoms with van der Waals surface area (Å²) < 4.78 is 5.24. The van der Waals surface area contributed by atoms with Crippen LogP contribution >= 0.6 is 0 Å². The second kappa shape index (κ2) is 4.86. The van der Waals surface area contributed by atoms with E-state index in [0.29, 0.717) is 11.4 Å². The monoisotopic (exact) mass is 236 g/mol. The second-order valence-corrected chi connectivity index (χ2v) is 3.86. The first-order valence-electron chi connectivity index (χ1n) is 5.11. The lowest BCUT2D eigenvalue weighted by Crippen LogP contribution is -2.38. The van der Waals surface area contributed by atoms with E-state index in [1.54, 1.807) is 6.07 Å². The Morgan fingerprint density at radius 1 is 1.29 bits per heavy atom. The molecule has 17 heavy (non-hydrogen) atoms. The van der Waals surface area contributed by atoms with Crippen molar-refractivity contribution >= 4 is 17.5 Å². The van der Waals surface area contributed by atoms with E-state index in [1.165, 1.54) is 19.1 Å². The molecule has 0 unspecified atom stereocenters. The van der Waals surface area contributed by atoms with Crippen molar-refractivity contribution in [1.29, 1.82) is 0 Å². The number of hydrogen-bond acceptors (Lipinski definition) is 3. The van der Waals surface area contributed by atoms with Crippen LogP contribution in [0.15, 0.2) is 12.1 Å². The highest BCUT2D eigenvalue weighted by atomic mass is 16.5. The third kappa shape index (κ3) is 2.55. The number of benzene rings is 1. The van der Waals surface area contributed by atoms with Crippen molar-refractivity contribution in [3.63, 3.8) is 0 Å². The average Bonchev–Trinajstić information content (AvgIpc) is 2.25. The number of amides is 2. The summed E-state index contributed by atoms with van der Waals surface area (Å²) in [6.07, 6.45) is 0. The molecule has 0 aliphatic carbocycles. The molecule has 2 amide bonds. The first-order valence-corrected chi connectivity index (χ1v) is 5.11. The molecule has 0 bridgehead atoms. The van der Waals surface area contributed by atoms with Crippen LogP contribution in [0, 0.1) is 13.8 Å². The van der Waals surface area contributed by atoms with Crippen molar-refractivity contribution < 1.29 is 14.3 Å². The largest absolute Gasteiger partial charge is 0.494 e. The van der Waals surface area contributed by atoms with Gasteiger partial charge in [-0.1, -0.05) is 6.07 Å². The maximum absolute atomic E-state index is 11.5. The van der Waals surface area contributed by atoms with Crippen LogP contribution in [0.3, 0.4) is 0 Å². The second-order valence-electron chi connectivity index (χ2n) is 3.86. The van der Waals surface area contributed by atoms with Gasteiger partial charge < -0.3 is 15.4 Å². The van der Waals surface area contributed by atoms with Gasteiger partial charge in [0.25, 0.3) is 0 Å². The standard InChI is InChI=1S/C12H16N2O3/c1-7-5-8(2)10(17-4)9(6-7)14(3)12(16)11(13)15/h5-6H,1-4H3,(H2,13,15). The van der Waals surface area contributed by atoms with Gasteiger partial charge in [0.1, 0.15) is 5.75 Å². The lowest BCUT2D eigenvalue weighted by atomic mass is 10.1. The van der Waals surface area contributed by atoms with Gasteiger partial charge in [0, 0.05) is 7.05 Å². The summed E-state index contributed by atoms with van der Waals surface area (Å²) in [6, 6.07) is 3.71. The number of carbonyl (C=O) groups excluding carboxylic acids is 2. The van der Waals surface area contributed by atoms with Gasteiger partial charge in [-0.05, 0) is 31.0 Å². The number of nitrogens with two attached hydrogens (primary N) is 1. The Labute approximate surface area is 100 Å². The van der Waals surface area contributed by atoms with Crippen molar-refractivity contribution in [1.82, 2.24) is 0 Å². The highest BCUT2D eigenvalue weighted by molar-refractivity contribution is 6.39. The first-order chi connectivity index (χ1) is 7.88. The Kier molecular flexibility index (Phi) is 3.73. The Hall–Kier alpha value is -2.04. The maximum Gasteiger partial charge on any atom is 0.315 e. The van der Waals surface area contributed by atoms with Crippen molar-refractivity contribution in [3.05, 3.63) is 23.3 Å². The summed E-state index contributed by atoms with van der Waals surface area (Å²) in [7, 11) is 3.01. The smallest absolute Gasteiger partial charge is 0.315 e. The van der Waals surface area contributed by atoms with E-state index in [0.717, 1.165) is 11.1 Å². The number of ether oxygens (including phenoxy) is 1. The summed E-state index contributed by atoms with van der Waals surface area (Å²) in [5.41, 5.74) is 7.38. The Morgan fingerprint density at radius 3 is 2.35 bits per heavy atom. The van der Waals surface area contributed by atoms with Gasteiger partial charge in [-0.25, -0.2) is 0 Å². The molecule has 1 aromatic rings. The number of rotatable bonds is 2. The molecule has 0 saturated heterocycles. The number of nitrogens with zero attached hydrogens (tertiary/aromatic N) is 1. The minimum atomic E-state index is -0.992. The molecule has 1 rings (SSSR count). The molecule has 0 saturated carbocycles. The number of carbonyl (C=O) groups is 2. The van der Waals surface area contributed by atoms with Crippen LogP contribution in [0.25, 0.3) is 0 Å². The van der Waals surface area contributed by atoms with E-state index >= 15 is 0 Å². The van der Waals surface area contributed by atoms with Crippen molar-refractivity contribution in [3.8, 4) is 5.75 Å². The average molecular weight is 236 g/mol. The number of hydrogen-bond donors (Lipinski definition) is 1. The fraction of sp³-hybridized carbons (Fsp3) is 0.333. The molecule has 0 aliphatic rings. The van der Waals surface area contributed by atoms with Crippen LogP contribution in [-0.2, 0) is 9.59 Å². The SMILES string of the molecule is COc1c(C)cc(C)cc1N(C)C(=O)C(N)=O. The van der Waals surface area contributed by atoms with E-state index in [9.17, 15) is 9.59 Å². The molecule has 2 N–H and O–H groups in total. The highest BCUT2D eigenvalue weighted by Gasteiger charge is 2.20. The number of likely N-dealkylation sites (N-methyl/N-ethyl adjacent to an activating group) is 1. The van der Waals surface area contributed by atoms with Crippen LogP contribution < -0.4 is 15.4 Å². The van der Waals surface area contributed by atoms with Gasteiger partial charge in [-0.2, -0.15) is 0 Å². The zero-order valence-electron chi connectivity index (χ0n) is 10.4. The van der Waals surface area contributed by atoms with Crippen molar-refractivity contribution in [2.75, 3.05) is 19.1 Å². The maximum atomic E-state index is 11.5. The Morgan fingerprint density at radius 2 is 1.88 bits per heavy atom. The molecule has 0 atom stereocenters. The van der Waals surface area contributed by atoms with Crippen LogP contribution in [0.4, 0.5) is 5.69 Å². The summed E-state index contributed by atoms with van der Waals surface area (Å²) in [6.45, 7) is 3.77. The molecule has 92 valence electrons. The number of anilines is 1. The predicted molar refractivity (Wildman–Crippen MR) is 65.1 cm³/mol. The van der Waals surface area contributed by atoms with Crippen LogP contribution in [0.5, 0.6) is 5.75 Å². The minimum Gasteiger partial charge on any atom is -0.494 e. The van der Waals surface area contributed by atoms with Gasteiger partial charge in [0.2, 0.25) is 0 Å². The number of primary amides is 1. The summed E-state index contributed by atoms with van der Waals surface area (Å²) >= 11 is 0. The molecule has 0 aliphatic heterocycles. The topological polar surface area (TPSA) is 72.6 Å². The fourth-order valence-electron chi connectivity index (χ4n) is 1.72. The summed E-state index contributed by atoms with van der Waals surface area (Å²) in [4.78, 5) is 23.6. The van der Waals surface area contributed by atoms with E-state index in [-0.39, 0.29) is 0 Å². The lowest BCUT2D eigenvalue weighted by molar-refractivity contribution is -0.135. The van der Waals surface area contributed by atoms with E-state index in [1.807, 2.05) is 19.9 Å². The molecular weight excluding hydrogens is 220 g/mol. The fourth-order valence-corrected chi connectivity index (χ4v) is 1.72. The summed E-state index contributed by atoms with van der Waals surface area (Å²) in [5.74, 6) is -1.20. The van der Waals surface area contributed by atoms with Crippen molar-refractivity contribution in [2.24, 2.45) is 5.73 Å². The Bertz CT molecular complexity index is 469. The normalized spacial score (nSPS) is 9.88. The molecule has 0 radical (unpaired) electrons. The number of methoxy groups -OCH3 is 1. The van der Waals surface area contributed by atoms with Crippen LogP contribution in [-0.4, -0.2) is 26.0 Å². The number of aryl methyl sites for hydroxylation is 2. The predicted octanol–water partition coefficient (Wildman–Crippen LogP) is 0.760. The minimum absolute atomic E-state index is 0.536. The lowest BCUT2D eigenvalue weighted by Gasteiger charge is -2.20.